The lowest BCUT2D eigenvalue weighted by atomic mass is 10.2. The van der Waals surface area contributed by atoms with Crippen molar-refractivity contribution in [2.75, 3.05) is 0 Å². The second-order valence-electron chi connectivity index (χ2n) is 3.73. The van der Waals surface area contributed by atoms with Gasteiger partial charge in [0, 0.05) is 16.2 Å². The largest absolute Gasteiger partial charge is 0.298 e. The van der Waals surface area contributed by atoms with Crippen LogP contribution in [0.15, 0.2) is 47.4 Å². The second-order valence-corrected chi connectivity index (χ2v) is 5.59. The van der Waals surface area contributed by atoms with E-state index in [1.807, 2.05) is 30.3 Å². The van der Waals surface area contributed by atoms with Crippen LogP contribution in [-0.2, 0) is 5.75 Å². The predicted octanol–water partition coefficient (Wildman–Crippen LogP) is 5.10. The lowest BCUT2D eigenvalue weighted by Crippen LogP contribution is -1.83. The van der Waals surface area contributed by atoms with Gasteiger partial charge < -0.3 is 0 Å². The van der Waals surface area contributed by atoms with Crippen LogP contribution in [0.4, 0.5) is 0 Å². The molecule has 0 N–H and O–H groups in total. The van der Waals surface area contributed by atoms with Gasteiger partial charge in [0.1, 0.15) is 6.29 Å². The molecule has 0 bridgehead atoms. The van der Waals surface area contributed by atoms with Crippen molar-refractivity contribution >= 4 is 41.2 Å². The maximum atomic E-state index is 10.7. The molecule has 0 saturated heterocycles. The van der Waals surface area contributed by atoms with Gasteiger partial charge in [0.25, 0.3) is 0 Å². The average molecular weight is 297 g/mol. The quantitative estimate of drug-likeness (QED) is 0.577. The van der Waals surface area contributed by atoms with E-state index in [1.54, 1.807) is 23.9 Å². The van der Waals surface area contributed by atoms with E-state index < -0.39 is 0 Å². The van der Waals surface area contributed by atoms with Gasteiger partial charge in [-0.2, -0.15) is 0 Å². The molecular formula is C14H10Cl2OS. The summed E-state index contributed by atoms with van der Waals surface area (Å²) in [6.45, 7) is 0. The Bertz CT molecular complexity index is 569. The first-order valence-electron chi connectivity index (χ1n) is 5.31. The van der Waals surface area contributed by atoms with Crippen LogP contribution in [-0.4, -0.2) is 6.29 Å². The Morgan fingerprint density at radius 2 is 1.89 bits per heavy atom. The zero-order chi connectivity index (χ0) is 13.0. The van der Waals surface area contributed by atoms with Crippen molar-refractivity contribution in [3.8, 4) is 0 Å². The van der Waals surface area contributed by atoms with E-state index in [1.165, 1.54) is 0 Å². The third-order valence-electron chi connectivity index (χ3n) is 2.38. The van der Waals surface area contributed by atoms with E-state index >= 15 is 0 Å². The molecule has 0 aliphatic rings. The third-order valence-corrected chi connectivity index (χ3v) is 4.19. The molecule has 2 aromatic rings. The fourth-order valence-corrected chi connectivity index (χ4v) is 2.70. The van der Waals surface area contributed by atoms with E-state index in [0.29, 0.717) is 15.6 Å². The van der Waals surface area contributed by atoms with Crippen LogP contribution >= 0.6 is 35.0 Å². The van der Waals surface area contributed by atoms with E-state index in [4.69, 9.17) is 23.2 Å². The summed E-state index contributed by atoms with van der Waals surface area (Å²) in [7, 11) is 0. The molecule has 92 valence electrons. The van der Waals surface area contributed by atoms with Gasteiger partial charge in [-0.15, -0.1) is 11.8 Å². The van der Waals surface area contributed by atoms with Crippen LogP contribution in [0.5, 0.6) is 0 Å². The summed E-state index contributed by atoms with van der Waals surface area (Å²) in [5, 5.41) is 1.13. The summed E-state index contributed by atoms with van der Waals surface area (Å²) >= 11 is 13.5. The van der Waals surface area contributed by atoms with Crippen molar-refractivity contribution in [3.05, 3.63) is 63.6 Å². The van der Waals surface area contributed by atoms with Crippen molar-refractivity contribution in [1.82, 2.24) is 0 Å². The minimum atomic E-state index is 0.563. The van der Waals surface area contributed by atoms with Gasteiger partial charge in [0.2, 0.25) is 0 Å². The van der Waals surface area contributed by atoms with Crippen LogP contribution in [0.3, 0.4) is 0 Å². The lowest BCUT2D eigenvalue weighted by Gasteiger charge is -2.04. The summed E-state index contributed by atoms with van der Waals surface area (Å²) in [6, 6.07) is 13.1. The first kappa shape index (κ1) is 13.5. The molecule has 0 heterocycles. The minimum Gasteiger partial charge on any atom is -0.298 e. The standard InChI is InChI=1S/C14H10Cl2OS/c15-13-5-4-11(7-14(13)16)9-18-12-3-1-2-10(6-12)8-17/h1-8H,9H2. The fraction of sp³-hybridized carbons (Fsp3) is 0.0714. The molecule has 0 amide bonds. The molecule has 0 fully saturated rings. The Hall–Kier alpha value is -0.960. The molecule has 0 saturated carbocycles. The first-order valence-corrected chi connectivity index (χ1v) is 7.05. The number of benzene rings is 2. The lowest BCUT2D eigenvalue weighted by molar-refractivity contribution is 0.112. The van der Waals surface area contributed by atoms with Crippen molar-refractivity contribution < 1.29 is 4.79 Å². The smallest absolute Gasteiger partial charge is 0.150 e. The van der Waals surface area contributed by atoms with Crippen LogP contribution in [0.1, 0.15) is 15.9 Å². The van der Waals surface area contributed by atoms with Gasteiger partial charge in [-0.3, -0.25) is 4.79 Å². The van der Waals surface area contributed by atoms with E-state index in [0.717, 1.165) is 22.5 Å². The number of rotatable bonds is 4. The van der Waals surface area contributed by atoms with Crippen molar-refractivity contribution in [2.24, 2.45) is 0 Å². The van der Waals surface area contributed by atoms with Gasteiger partial charge in [0.05, 0.1) is 10.0 Å². The Balaban J connectivity index is 2.06. The molecule has 2 aromatic carbocycles. The summed E-state index contributed by atoms with van der Waals surface area (Å²) < 4.78 is 0. The zero-order valence-electron chi connectivity index (χ0n) is 9.40. The first-order chi connectivity index (χ1) is 8.69. The topological polar surface area (TPSA) is 17.1 Å². The number of carbonyl (C=O) groups is 1. The van der Waals surface area contributed by atoms with Crippen molar-refractivity contribution in [2.45, 2.75) is 10.6 Å². The summed E-state index contributed by atoms with van der Waals surface area (Å²) in [5.41, 5.74) is 1.79. The molecule has 0 aliphatic carbocycles. The SMILES string of the molecule is O=Cc1cccc(SCc2ccc(Cl)c(Cl)c2)c1. The molecular weight excluding hydrogens is 287 g/mol. The molecule has 18 heavy (non-hydrogen) atoms. The molecule has 0 radical (unpaired) electrons. The van der Waals surface area contributed by atoms with Crippen LogP contribution < -0.4 is 0 Å². The molecule has 0 unspecified atom stereocenters. The average Bonchev–Trinajstić information content (AvgIpc) is 2.40. The maximum Gasteiger partial charge on any atom is 0.150 e. The van der Waals surface area contributed by atoms with Crippen LogP contribution in [0.25, 0.3) is 0 Å². The Morgan fingerprint density at radius 3 is 2.61 bits per heavy atom. The number of halogens is 2. The molecule has 0 aliphatic heterocycles. The Labute approximate surface area is 120 Å². The van der Waals surface area contributed by atoms with Gasteiger partial charge in [-0.05, 0) is 29.8 Å². The molecule has 0 aromatic heterocycles. The third kappa shape index (κ3) is 3.52. The summed E-state index contributed by atoms with van der Waals surface area (Å²) in [4.78, 5) is 11.7. The number of hydrogen-bond acceptors (Lipinski definition) is 2. The van der Waals surface area contributed by atoms with Gasteiger partial charge in [-0.25, -0.2) is 0 Å². The highest BCUT2D eigenvalue weighted by Gasteiger charge is 2.01. The fourth-order valence-electron chi connectivity index (χ4n) is 1.47. The number of thioether (sulfide) groups is 1. The molecule has 0 spiro atoms. The maximum absolute atomic E-state index is 10.7. The van der Waals surface area contributed by atoms with Gasteiger partial charge >= 0.3 is 0 Å². The van der Waals surface area contributed by atoms with Gasteiger partial charge in [-0.1, -0.05) is 41.4 Å². The van der Waals surface area contributed by atoms with Gasteiger partial charge in [0.15, 0.2) is 0 Å². The van der Waals surface area contributed by atoms with E-state index in [-0.39, 0.29) is 0 Å². The number of carbonyl (C=O) groups excluding carboxylic acids is 1. The molecule has 0 atom stereocenters. The van der Waals surface area contributed by atoms with E-state index in [2.05, 4.69) is 0 Å². The normalized spacial score (nSPS) is 10.3. The number of aldehydes is 1. The Morgan fingerprint density at radius 1 is 1.06 bits per heavy atom. The number of hydrogen-bond donors (Lipinski definition) is 0. The highest BCUT2D eigenvalue weighted by atomic mass is 35.5. The summed E-state index contributed by atoms with van der Waals surface area (Å²) in [6.07, 6.45) is 0.850. The zero-order valence-corrected chi connectivity index (χ0v) is 11.7. The van der Waals surface area contributed by atoms with Crippen LogP contribution in [0, 0.1) is 0 Å². The highest BCUT2D eigenvalue weighted by molar-refractivity contribution is 7.98. The minimum absolute atomic E-state index is 0.563. The molecule has 1 nitrogen and oxygen atoms in total. The molecule has 4 heteroatoms. The van der Waals surface area contributed by atoms with Crippen LogP contribution in [0.2, 0.25) is 10.0 Å². The van der Waals surface area contributed by atoms with E-state index in [9.17, 15) is 4.79 Å². The Kier molecular flexibility index (Phi) is 4.70. The molecule has 2 rings (SSSR count). The summed E-state index contributed by atoms with van der Waals surface area (Å²) in [5.74, 6) is 0.791. The monoisotopic (exact) mass is 296 g/mol. The second kappa shape index (κ2) is 6.28. The van der Waals surface area contributed by atoms with Crippen molar-refractivity contribution in [1.29, 1.82) is 0 Å². The van der Waals surface area contributed by atoms with Crippen molar-refractivity contribution in [3.63, 3.8) is 0 Å². The predicted molar refractivity (Wildman–Crippen MR) is 77.9 cm³/mol. The highest BCUT2D eigenvalue weighted by Crippen LogP contribution is 2.27.